The van der Waals surface area contributed by atoms with Crippen LogP contribution in [0.3, 0.4) is 0 Å². The van der Waals surface area contributed by atoms with Crippen LogP contribution in [0, 0.1) is 13.8 Å². The number of anilines is 1. The summed E-state index contributed by atoms with van der Waals surface area (Å²) < 4.78 is 44.4. The quantitative estimate of drug-likeness (QED) is 0.601. The Bertz CT molecular complexity index is 758. The van der Waals surface area contributed by atoms with Crippen molar-refractivity contribution < 1.29 is 22.7 Å². The molecule has 0 aliphatic heterocycles. The van der Waals surface area contributed by atoms with Gasteiger partial charge >= 0.3 is 6.18 Å². The fourth-order valence-corrected chi connectivity index (χ4v) is 3.28. The van der Waals surface area contributed by atoms with Crippen LogP contribution < -0.4 is 10.1 Å². The zero-order valence-electron chi connectivity index (χ0n) is 15.2. The van der Waals surface area contributed by atoms with Gasteiger partial charge in [0.15, 0.2) is 0 Å². The number of hydrogen-bond acceptors (Lipinski definition) is 3. The van der Waals surface area contributed by atoms with Crippen molar-refractivity contribution in [1.29, 1.82) is 0 Å². The Balaban J connectivity index is 1.70. The van der Waals surface area contributed by atoms with Crippen LogP contribution in [0.15, 0.2) is 42.5 Å². The standard InChI is InChI=1S/C20H22F3NO2S/c1-14-10-15(2)12-16(11-14)26-8-5-9-27-13-19(25)24-18-7-4-3-6-17(18)20(21,22)23/h3-4,6-7,10-12H,5,8-9,13H2,1-2H3,(H,24,25). The molecule has 0 unspecified atom stereocenters. The largest absolute Gasteiger partial charge is 0.494 e. The molecule has 0 fully saturated rings. The summed E-state index contributed by atoms with van der Waals surface area (Å²) in [6.45, 7) is 4.53. The van der Waals surface area contributed by atoms with E-state index in [4.69, 9.17) is 4.74 Å². The van der Waals surface area contributed by atoms with Gasteiger partial charge in [-0.3, -0.25) is 4.79 Å². The molecule has 0 heterocycles. The molecule has 1 amide bonds. The van der Waals surface area contributed by atoms with Crippen LogP contribution in [0.25, 0.3) is 0 Å². The highest BCUT2D eigenvalue weighted by Crippen LogP contribution is 2.34. The molecule has 0 aliphatic rings. The summed E-state index contributed by atoms with van der Waals surface area (Å²) in [5.41, 5.74) is 1.21. The number of nitrogens with one attached hydrogen (secondary N) is 1. The first-order valence-corrected chi connectivity index (χ1v) is 9.66. The average molecular weight is 397 g/mol. The second-order valence-electron chi connectivity index (χ2n) is 6.17. The van der Waals surface area contributed by atoms with E-state index in [2.05, 4.69) is 11.4 Å². The molecule has 0 saturated heterocycles. The van der Waals surface area contributed by atoms with Crippen molar-refractivity contribution in [3.05, 3.63) is 59.2 Å². The Morgan fingerprint density at radius 3 is 2.44 bits per heavy atom. The number of halogens is 3. The SMILES string of the molecule is Cc1cc(C)cc(OCCCSCC(=O)Nc2ccccc2C(F)(F)F)c1. The summed E-state index contributed by atoms with van der Waals surface area (Å²) in [4.78, 5) is 11.9. The smallest absolute Gasteiger partial charge is 0.418 e. The molecule has 0 spiro atoms. The fraction of sp³-hybridized carbons (Fsp3) is 0.350. The maximum Gasteiger partial charge on any atom is 0.418 e. The van der Waals surface area contributed by atoms with Crippen molar-refractivity contribution in [2.45, 2.75) is 26.4 Å². The van der Waals surface area contributed by atoms with Gasteiger partial charge in [-0.25, -0.2) is 0 Å². The second kappa shape index (κ2) is 9.69. The number of aryl methyl sites for hydroxylation is 2. The van der Waals surface area contributed by atoms with Crippen LogP contribution in [-0.4, -0.2) is 24.0 Å². The van der Waals surface area contributed by atoms with Gasteiger partial charge in [-0.2, -0.15) is 24.9 Å². The molecule has 7 heteroatoms. The molecule has 2 rings (SSSR count). The van der Waals surface area contributed by atoms with Crippen LogP contribution in [0.2, 0.25) is 0 Å². The average Bonchev–Trinajstić information content (AvgIpc) is 2.56. The first-order chi connectivity index (χ1) is 12.8. The van der Waals surface area contributed by atoms with Crippen LogP contribution >= 0.6 is 11.8 Å². The molecule has 3 nitrogen and oxygen atoms in total. The summed E-state index contributed by atoms with van der Waals surface area (Å²) in [7, 11) is 0. The van der Waals surface area contributed by atoms with E-state index in [-0.39, 0.29) is 11.4 Å². The van der Waals surface area contributed by atoms with E-state index in [0.717, 1.165) is 29.4 Å². The van der Waals surface area contributed by atoms with Crippen LogP contribution in [-0.2, 0) is 11.0 Å². The van der Waals surface area contributed by atoms with Gasteiger partial charge in [-0.15, -0.1) is 0 Å². The van der Waals surface area contributed by atoms with Crippen molar-refractivity contribution >= 4 is 23.4 Å². The molecule has 0 bridgehead atoms. The third-order valence-electron chi connectivity index (χ3n) is 3.64. The van der Waals surface area contributed by atoms with Crippen molar-refractivity contribution in [3.8, 4) is 5.75 Å². The molecule has 2 aromatic carbocycles. The first kappa shape index (κ1) is 21.2. The number of para-hydroxylation sites is 1. The van der Waals surface area contributed by atoms with Gasteiger partial charge in [0.1, 0.15) is 5.75 Å². The third kappa shape index (κ3) is 7.17. The van der Waals surface area contributed by atoms with Gasteiger partial charge in [0.05, 0.1) is 23.6 Å². The van der Waals surface area contributed by atoms with E-state index in [9.17, 15) is 18.0 Å². The van der Waals surface area contributed by atoms with E-state index in [1.807, 2.05) is 26.0 Å². The summed E-state index contributed by atoms with van der Waals surface area (Å²) in [6, 6.07) is 11.0. The molecule has 2 aromatic rings. The highest BCUT2D eigenvalue weighted by molar-refractivity contribution is 7.99. The van der Waals surface area contributed by atoms with Gasteiger partial charge in [0.2, 0.25) is 5.91 Å². The lowest BCUT2D eigenvalue weighted by atomic mass is 10.1. The topological polar surface area (TPSA) is 38.3 Å². The number of benzene rings is 2. The van der Waals surface area contributed by atoms with Crippen molar-refractivity contribution in [2.24, 2.45) is 0 Å². The minimum atomic E-state index is -4.50. The molecular formula is C20H22F3NO2S. The Morgan fingerprint density at radius 1 is 1.11 bits per heavy atom. The normalized spacial score (nSPS) is 11.3. The zero-order chi connectivity index (χ0) is 19.9. The van der Waals surface area contributed by atoms with Crippen LogP contribution in [0.1, 0.15) is 23.1 Å². The van der Waals surface area contributed by atoms with Gasteiger partial charge in [-0.1, -0.05) is 18.2 Å². The third-order valence-corrected chi connectivity index (χ3v) is 4.68. The molecule has 1 N–H and O–H groups in total. The predicted octanol–water partition coefficient (Wildman–Crippen LogP) is 5.46. The molecule has 0 atom stereocenters. The Labute approximate surface area is 161 Å². The second-order valence-corrected chi connectivity index (χ2v) is 7.27. The molecule has 27 heavy (non-hydrogen) atoms. The monoisotopic (exact) mass is 397 g/mol. The van der Waals surface area contributed by atoms with E-state index in [1.165, 1.54) is 30.0 Å². The number of carbonyl (C=O) groups excluding carboxylic acids is 1. The molecule has 146 valence electrons. The lowest BCUT2D eigenvalue weighted by Crippen LogP contribution is -2.18. The summed E-state index contributed by atoms with van der Waals surface area (Å²) in [6.07, 6.45) is -3.76. The Kier molecular flexibility index (Phi) is 7.59. The molecular weight excluding hydrogens is 375 g/mol. The van der Waals surface area contributed by atoms with E-state index >= 15 is 0 Å². The molecule has 0 aliphatic carbocycles. The number of rotatable bonds is 8. The maximum atomic E-state index is 12.9. The van der Waals surface area contributed by atoms with Crippen LogP contribution in [0.5, 0.6) is 5.75 Å². The van der Waals surface area contributed by atoms with E-state index in [1.54, 1.807) is 0 Å². The number of alkyl halides is 3. The molecule has 0 radical (unpaired) electrons. The van der Waals surface area contributed by atoms with E-state index < -0.39 is 17.6 Å². The lowest BCUT2D eigenvalue weighted by Gasteiger charge is -2.13. The summed E-state index contributed by atoms with van der Waals surface area (Å²) >= 11 is 1.36. The number of ether oxygens (including phenoxy) is 1. The van der Waals surface area contributed by atoms with Gasteiger partial charge in [-0.05, 0) is 61.4 Å². The van der Waals surface area contributed by atoms with Gasteiger partial charge in [0.25, 0.3) is 0 Å². The van der Waals surface area contributed by atoms with E-state index in [0.29, 0.717) is 12.4 Å². The van der Waals surface area contributed by atoms with Crippen molar-refractivity contribution in [1.82, 2.24) is 0 Å². The number of thioether (sulfide) groups is 1. The van der Waals surface area contributed by atoms with Crippen molar-refractivity contribution in [3.63, 3.8) is 0 Å². The maximum absolute atomic E-state index is 12.9. The number of hydrogen-bond donors (Lipinski definition) is 1. The molecule has 0 aromatic heterocycles. The molecule has 0 saturated carbocycles. The minimum absolute atomic E-state index is 0.0930. The lowest BCUT2D eigenvalue weighted by molar-refractivity contribution is -0.137. The predicted molar refractivity (Wildman–Crippen MR) is 103 cm³/mol. The number of carbonyl (C=O) groups is 1. The fourth-order valence-electron chi connectivity index (χ4n) is 2.56. The van der Waals surface area contributed by atoms with Crippen molar-refractivity contribution in [2.75, 3.05) is 23.4 Å². The Hall–Kier alpha value is -2.15. The zero-order valence-corrected chi connectivity index (χ0v) is 16.0. The minimum Gasteiger partial charge on any atom is -0.494 e. The highest BCUT2D eigenvalue weighted by Gasteiger charge is 2.33. The first-order valence-electron chi connectivity index (χ1n) is 8.50. The summed E-state index contributed by atoms with van der Waals surface area (Å²) in [5.74, 6) is 1.14. The van der Waals surface area contributed by atoms with Crippen LogP contribution in [0.4, 0.5) is 18.9 Å². The summed E-state index contributed by atoms with van der Waals surface area (Å²) in [5, 5.41) is 2.34. The van der Waals surface area contributed by atoms with Gasteiger partial charge < -0.3 is 10.1 Å². The highest BCUT2D eigenvalue weighted by atomic mass is 32.2. The number of amides is 1. The van der Waals surface area contributed by atoms with Gasteiger partial charge in [0, 0.05) is 0 Å². The Morgan fingerprint density at radius 2 is 1.78 bits per heavy atom.